The summed E-state index contributed by atoms with van der Waals surface area (Å²) in [4.78, 5) is 12.3. The summed E-state index contributed by atoms with van der Waals surface area (Å²) in [5.74, 6) is 0. The van der Waals surface area contributed by atoms with Crippen LogP contribution in [0, 0.1) is 0 Å². The standard InChI is InChI=1S/C28H30N4/c1-6-19-23(32(7-2)27-26(19)29-21-14-9-10-15-22(21)30-27)17-12-18-25-28(3,4)20-13-8-11-16-24(20)31(25)5/h8-18H,6-7H2,1-5H3/b17-12+,25-18+. The molecule has 0 spiro atoms. The average Bonchev–Trinajstić information content (AvgIpc) is 3.20. The van der Waals surface area contributed by atoms with Crippen molar-refractivity contribution in [1.29, 1.82) is 0 Å². The predicted octanol–water partition coefficient (Wildman–Crippen LogP) is 6.49. The van der Waals surface area contributed by atoms with Gasteiger partial charge < -0.3 is 9.47 Å². The summed E-state index contributed by atoms with van der Waals surface area (Å²) in [6.45, 7) is 9.84. The van der Waals surface area contributed by atoms with Gasteiger partial charge in [0.2, 0.25) is 0 Å². The molecule has 0 amide bonds. The lowest BCUT2D eigenvalue weighted by atomic mass is 9.84. The van der Waals surface area contributed by atoms with E-state index in [2.05, 4.69) is 86.7 Å². The van der Waals surface area contributed by atoms with Gasteiger partial charge in [-0.1, -0.05) is 57.2 Å². The van der Waals surface area contributed by atoms with Crippen molar-refractivity contribution in [3.8, 4) is 0 Å². The summed E-state index contributed by atoms with van der Waals surface area (Å²) in [5.41, 5.74) is 10.3. The highest BCUT2D eigenvalue weighted by molar-refractivity contribution is 5.89. The molecule has 4 nitrogen and oxygen atoms in total. The van der Waals surface area contributed by atoms with E-state index in [0.717, 1.165) is 35.2 Å². The maximum absolute atomic E-state index is 4.98. The molecule has 0 bridgehead atoms. The van der Waals surface area contributed by atoms with Crippen LogP contribution in [0.4, 0.5) is 5.69 Å². The third-order valence-electron chi connectivity index (χ3n) is 6.81. The molecule has 1 aliphatic heterocycles. The van der Waals surface area contributed by atoms with Crippen molar-refractivity contribution >= 4 is 34.0 Å². The first-order chi connectivity index (χ1) is 15.5. The maximum atomic E-state index is 4.98. The molecule has 2 aromatic heterocycles. The molecular weight excluding hydrogens is 392 g/mol. The Morgan fingerprint density at radius 2 is 1.62 bits per heavy atom. The fourth-order valence-corrected chi connectivity index (χ4v) is 5.17. The lowest BCUT2D eigenvalue weighted by Gasteiger charge is -2.23. The number of fused-ring (bicyclic) bond motifs is 3. The third-order valence-corrected chi connectivity index (χ3v) is 6.81. The molecule has 0 radical (unpaired) electrons. The van der Waals surface area contributed by atoms with Crippen molar-refractivity contribution in [1.82, 2.24) is 14.5 Å². The van der Waals surface area contributed by atoms with Gasteiger partial charge in [-0.25, -0.2) is 9.97 Å². The van der Waals surface area contributed by atoms with Gasteiger partial charge in [-0.05, 0) is 49.3 Å². The minimum atomic E-state index is -0.0262. The Hall–Kier alpha value is -3.40. The van der Waals surface area contributed by atoms with Crippen LogP contribution in [0.25, 0.3) is 28.3 Å². The van der Waals surface area contributed by atoms with Gasteiger partial charge in [-0.15, -0.1) is 0 Å². The molecule has 0 aliphatic carbocycles. The SMILES string of the molecule is CCc1c(/C=C/C=C2/N(C)c3ccccc3C2(C)C)n(CC)c2nc3ccccc3nc12. The van der Waals surface area contributed by atoms with Crippen LogP contribution in [0.2, 0.25) is 0 Å². The van der Waals surface area contributed by atoms with Gasteiger partial charge in [-0.2, -0.15) is 0 Å². The molecule has 0 N–H and O–H groups in total. The number of hydrogen-bond donors (Lipinski definition) is 0. The fourth-order valence-electron chi connectivity index (χ4n) is 5.17. The highest BCUT2D eigenvalue weighted by atomic mass is 15.2. The summed E-state index contributed by atoms with van der Waals surface area (Å²) < 4.78 is 2.29. The molecule has 4 heteroatoms. The number of aryl methyl sites for hydroxylation is 2. The number of benzene rings is 2. The molecule has 0 fully saturated rings. The number of aromatic nitrogens is 3. The van der Waals surface area contributed by atoms with Crippen molar-refractivity contribution in [3.63, 3.8) is 0 Å². The molecular formula is C28H30N4. The zero-order valence-electron chi connectivity index (χ0n) is 19.6. The monoisotopic (exact) mass is 422 g/mol. The van der Waals surface area contributed by atoms with E-state index in [1.807, 2.05) is 24.3 Å². The normalized spacial score (nSPS) is 16.7. The Balaban J connectivity index is 1.62. The van der Waals surface area contributed by atoms with Crippen LogP contribution >= 0.6 is 0 Å². The molecule has 1 aliphatic rings. The lowest BCUT2D eigenvalue weighted by Crippen LogP contribution is -2.22. The zero-order valence-corrected chi connectivity index (χ0v) is 19.6. The largest absolute Gasteiger partial charge is 0.347 e. The lowest BCUT2D eigenvalue weighted by molar-refractivity contribution is 0.640. The molecule has 0 saturated carbocycles. The smallest absolute Gasteiger partial charge is 0.160 e. The molecule has 3 heterocycles. The second-order valence-corrected chi connectivity index (χ2v) is 8.96. The average molecular weight is 423 g/mol. The molecule has 5 rings (SSSR count). The van der Waals surface area contributed by atoms with E-state index in [4.69, 9.17) is 9.97 Å². The number of hydrogen-bond acceptors (Lipinski definition) is 3. The van der Waals surface area contributed by atoms with Gasteiger partial charge in [0, 0.05) is 41.6 Å². The number of rotatable bonds is 4. The zero-order chi connectivity index (χ0) is 22.5. The van der Waals surface area contributed by atoms with E-state index >= 15 is 0 Å². The second-order valence-electron chi connectivity index (χ2n) is 8.96. The Morgan fingerprint density at radius 1 is 0.938 bits per heavy atom. The summed E-state index contributed by atoms with van der Waals surface area (Å²) >= 11 is 0. The van der Waals surface area contributed by atoms with Crippen LogP contribution < -0.4 is 4.90 Å². The molecule has 0 saturated heterocycles. The van der Waals surface area contributed by atoms with E-state index in [1.54, 1.807) is 0 Å². The molecule has 4 aromatic rings. The molecule has 32 heavy (non-hydrogen) atoms. The summed E-state index contributed by atoms with van der Waals surface area (Å²) in [6, 6.07) is 16.8. The van der Waals surface area contributed by atoms with Gasteiger partial charge in [0.25, 0.3) is 0 Å². The number of para-hydroxylation sites is 3. The third kappa shape index (κ3) is 2.97. The van der Waals surface area contributed by atoms with E-state index < -0.39 is 0 Å². The number of anilines is 1. The first-order valence-corrected chi connectivity index (χ1v) is 11.5. The quantitative estimate of drug-likeness (QED) is 0.377. The van der Waals surface area contributed by atoms with Gasteiger partial charge in [0.15, 0.2) is 5.65 Å². The van der Waals surface area contributed by atoms with Crippen LogP contribution in [0.5, 0.6) is 0 Å². The van der Waals surface area contributed by atoms with E-state index in [0.29, 0.717) is 0 Å². The highest BCUT2D eigenvalue weighted by Gasteiger charge is 2.37. The first kappa shape index (κ1) is 20.5. The van der Waals surface area contributed by atoms with Gasteiger partial charge >= 0.3 is 0 Å². The fraction of sp³-hybridized carbons (Fsp3) is 0.286. The molecule has 0 unspecified atom stereocenters. The van der Waals surface area contributed by atoms with Gasteiger partial charge in [-0.3, -0.25) is 0 Å². The van der Waals surface area contributed by atoms with Crippen molar-refractivity contribution in [2.24, 2.45) is 0 Å². The van der Waals surface area contributed by atoms with Crippen molar-refractivity contribution in [3.05, 3.63) is 83.2 Å². The highest BCUT2D eigenvalue weighted by Crippen LogP contribution is 2.46. The Morgan fingerprint density at radius 3 is 2.31 bits per heavy atom. The topological polar surface area (TPSA) is 34.0 Å². The van der Waals surface area contributed by atoms with Crippen molar-refractivity contribution in [2.45, 2.75) is 46.1 Å². The first-order valence-electron chi connectivity index (χ1n) is 11.5. The van der Waals surface area contributed by atoms with Crippen molar-refractivity contribution < 1.29 is 0 Å². The van der Waals surface area contributed by atoms with Crippen LogP contribution in [0.1, 0.15) is 44.5 Å². The number of likely N-dealkylation sites (N-methyl/N-ethyl adjacent to an activating group) is 1. The molecule has 2 aromatic carbocycles. The Bertz CT molecular complexity index is 1330. The maximum Gasteiger partial charge on any atom is 0.160 e. The van der Waals surface area contributed by atoms with Crippen LogP contribution in [0.3, 0.4) is 0 Å². The molecule has 162 valence electrons. The van der Waals surface area contributed by atoms with Crippen LogP contribution in [-0.4, -0.2) is 21.6 Å². The van der Waals surface area contributed by atoms with Crippen LogP contribution in [-0.2, 0) is 18.4 Å². The van der Waals surface area contributed by atoms with Gasteiger partial charge in [0.1, 0.15) is 5.52 Å². The van der Waals surface area contributed by atoms with E-state index in [-0.39, 0.29) is 5.41 Å². The Kier molecular flexibility index (Phi) is 4.89. The summed E-state index contributed by atoms with van der Waals surface area (Å²) in [7, 11) is 2.16. The minimum absolute atomic E-state index is 0.0262. The summed E-state index contributed by atoms with van der Waals surface area (Å²) in [5, 5.41) is 0. The number of nitrogens with zero attached hydrogens (tertiary/aromatic N) is 4. The number of allylic oxidation sites excluding steroid dienone is 3. The predicted molar refractivity (Wildman–Crippen MR) is 135 cm³/mol. The second kappa shape index (κ2) is 7.63. The Labute approximate surface area is 189 Å². The van der Waals surface area contributed by atoms with E-state index in [1.165, 1.54) is 28.2 Å². The minimum Gasteiger partial charge on any atom is -0.347 e. The van der Waals surface area contributed by atoms with Crippen LogP contribution in [0.15, 0.2) is 66.4 Å². The van der Waals surface area contributed by atoms with Gasteiger partial charge in [0.05, 0.1) is 11.0 Å². The van der Waals surface area contributed by atoms with E-state index in [9.17, 15) is 0 Å². The van der Waals surface area contributed by atoms with Crippen molar-refractivity contribution in [2.75, 3.05) is 11.9 Å². The summed E-state index contributed by atoms with van der Waals surface area (Å²) in [6.07, 6.45) is 7.60. The molecule has 0 atom stereocenters.